The van der Waals surface area contributed by atoms with E-state index >= 15 is 0 Å². The van der Waals surface area contributed by atoms with Crippen molar-refractivity contribution in [2.24, 2.45) is 0 Å². The summed E-state index contributed by atoms with van der Waals surface area (Å²) in [6.07, 6.45) is 0. The minimum Gasteiger partial charge on any atom is -0.314 e. The van der Waals surface area contributed by atoms with Gasteiger partial charge in [0.1, 0.15) is 18.3 Å². The van der Waals surface area contributed by atoms with Crippen LogP contribution < -0.4 is 5.32 Å². The lowest BCUT2D eigenvalue weighted by Gasteiger charge is -2.34. The molecule has 1 atom stereocenters. The summed E-state index contributed by atoms with van der Waals surface area (Å²) < 4.78 is 41.0. The largest absolute Gasteiger partial charge is 0.314 e. The number of benzene rings is 1. The van der Waals surface area contributed by atoms with Crippen molar-refractivity contribution in [1.82, 2.24) is 10.2 Å². The summed E-state index contributed by atoms with van der Waals surface area (Å²) in [7, 11) is 0. The second kappa shape index (κ2) is 5.71. The highest BCUT2D eigenvalue weighted by molar-refractivity contribution is 5.29. The maximum atomic E-state index is 14.0. The molecule has 18 heavy (non-hydrogen) atoms. The standard InChI is InChI=1S/C13H17F3N2/c1-9-2-3-10(15)12(13(9)16)11(8-14)18-6-4-17-5-7-18/h2-3,11,17H,4-8H2,1H3/t11-/m1/s1. The first kappa shape index (κ1) is 13.4. The Bertz CT molecular complexity index is 417. The van der Waals surface area contributed by atoms with Gasteiger partial charge in [-0.05, 0) is 18.6 Å². The molecule has 1 aromatic carbocycles. The van der Waals surface area contributed by atoms with Crippen LogP contribution in [0.2, 0.25) is 0 Å². The van der Waals surface area contributed by atoms with E-state index in [0.29, 0.717) is 31.7 Å². The predicted octanol–water partition coefficient (Wildman–Crippen LogP) is 2.19. The molecule has 0 amide bonds. The molecule has 0 unspecified atom stereocenters. The minimum atomic E-state index is -0.827. The lowest BCUT2D eigenvalue weighted by Crippen LogP contribution is -2.46. The Morgan fingerprint density at radius 1 is 1.28 bits per heavy atom. The van der Waals surface area contributed by atoms with E-state index < -0.39 is 24.4 Å². The molecular formula is C13H17F3N2. The quantitative estimate of drug-likeness (QED) is 0.894. The van der Waals surface area contributed by atoms with Crippen molar-refractivity contribution in [2.45, 2.75) is 13.0 Å². The van der Waals surface area contributed by atoms with Crippen LogP contribution in [0, 0.1) is 18.6 Å². The zero-order valence-corrected chi connectivity index (χ0v) is 10.3. The number of nitrogens with one attached hydrogen (secondary N) is 1. The Labute approximate surface area is 105 Å². The topological polar surface area (TPSA) is 15.3 Å². The van der Waals surface area contributed by atoms with E-state index in [1.54, 1.807) is 11.8 Å². The van der Waals surface area contributed by atoms with Gasteiger partial charge in [-0.15, -0.1) is 0 Å². The van der Waals surface area contributed by atoms with Crippen LogP contribution in [0.1, 0.15) is 17.2 Å². The molecule has 0 aliphatic carbocycles. The van der Waals surface area contributed by atoms with Crippen LogP contribution in [0.4, 0.5) is 13.2 Å². The fourth-order valence-electron chi connectivity index (χ4n) is 2.33. The van der Waals surface area contributed by atoms with E-state index in [9.17, 15) is 13.2 Å². The average molecular weight is 258 g/mol. The SMILES string of the molecule is Cc1ccc(F)c([C@@H](CF)N2CCNCC2)c1F. The Morgan fingerprint density at radius 2 is 1.94 bits per heavy atom. The van der Waals surface area contributed by atoms with Gasteiger partial charge in [-0.3, -0.25) is 4.90 Å². The fourth-order valence-corrected chi connectivity index (χ4v) is 2.33. The lowest BCUT2D eigenvalue weighted by molar-refractivity contribution is 0.141. The second-order valence-electron chi connectivity index (χ2n) is 4.55. The van der Waals surface area contributed by atoms with Crippen molar-refractivity contribution in [3.05, 3.63) is 34.9 Å². The van der Waals surface area contributed by atoms with Crippen molar-refractivity contribution in [3.63, 3.8) is 0 Å². The van der Waals surface area contributed by atoms with Crippen molar-refractivity contribution < 1.29 is 13.2 Å². The molecule has 2 nitrogen and oxygen atoms in total. The lowest BCUT2D eigenvalue weighted by atomic mass is 10.0. The van der Waals surface area contributed by atoms with Gasteiger partial charge < -0.3 is 5.32 Å². The van der Waals surface area contributed by atoms with Gasteiger partial charge in [-0.1, -0.05) is 6.07 Å². The molecule has 1 aliphatic rings. The third-order valence-electron chi connectivity index (χ3n) is 3.39. The molecule has 0 saturated carbocycles. The van der Waals surface area contributed by atoms with Gasteiger partial charge in [-0.25, -0.2) is 13.2 Å². The van der Waals surface area contributed by atoms with E-state index in [-0.39, 0.29) is 5.56 Å². The molecule has 1 N–H and O–H groups in total. The molecule has 5 heteroatoms. The maximum Gasteiger partial charge on any atom is 0.133 e. The first-order valence-corrected chi connectivity index (χ1v) is 6.10. The van der Waals surface area contributed by atoms with E-state index in [4.69, 9.17) is 0 Å². The van der Waals surface area contributed by atoms with Crippen molar-refractivity contribution in [3.8, 4) is 0 Å². The normalized spacial score (nSPS) is 18.9. The molecule has 1 heterocycles. The van der Waals surface area contributed by atoms with Gasteiger partial charge in [0, 0.05) is 31.7 Å². The summed E-state index contributed by atoms with van der Waals surface area (Å²) >= 11 is 0. The number of aryl methyl sites for hydroxylation is 1. The molecular weight excluding hydrogens is 241 g/mol. The Morgan fingerprint density at radius 3 is 2.56 bits per heavy atom. The third kappa shape index (κ3) is 2.52. The average Bonchev–Trinajstić information content (AvgIpc) is 2.40. The van der Waals surface area contributed by atoms with Crippen molar-refractivity contribution >= 4 is 0 Å². The summed E-state index contributed by atoms with van der Waals surface area (Å²) in [5, 5.41) is 3.13. The van der Waals surface area contributed by atoms with Crippen LogP contribution in [0.3, 0.4) is 0 Å². The van der Waals surface area contributed by atoms with Gasteiger partial charge in [0.2, 0.25) is 0 Å². The highest BCUT2D eigenvalue weighted by Crippen LogP contribution is 2.28. The minimum absolute atomic E-state index is 0.139. The Balaban J connectivity index is 2.34. The van der Waals surface area contributed by atoms with Gasteiger partial charge in [0.25, 0.3) is 0 Å². The summed E-state index contributed by atoms with van der Waals surface area (Å²) in [5.41, 5.74) is 0.208. The van der Waals surface area contributed by atoms with Crippen LogP contribution in [0.5, 0.6) is 0 Å². The van der Waals surface area contributed by atoms with Crippen molar-refractivity contribution in [2.75, 3.05) is 32.9 Å². The third-order valence-corrected chi connectivity index (χ3v) is 3.39. The number of nitrogens with zero attached hydrogens (tertiary/aromatic N) is 1. The van der Waals surface area contributed by atoms with Crippen LogP contribution >= 0.6 is 0 Å². The molecule has 1 aliphatic heterocycles. The molecule has 1 saturated heterocycles. The number of hydrogen-bond acceptors (Lipinski definition) is 2. The molecule has 1 fully saturated rings. The fraction of sp³-hybridized carbons (Fsp3) is 0.538. The summed E-state index contributed by atoms with van der Waals surface area (Å²) in [4.78, 5) is 1.79. The zero-order valence-electron chi connectivity index (χ0n) is 10.3. The first-order chi connectivity index (χ1) is 8.65. The summed E-state index contributed by atoms with van der Waals surface area (Å²) in [6.45, 7) is 3.41. The predicted molar refractivity (Wildman–Crippen MR) is 64.3 cm³/mol. The smallest absolute Gasteiger partial charge is 0.133 e. The zero-order chi connectivity index (χ0) is 13.1. The Hall–Kier alpha value is -1.07. The molecule has 1 aromatic rings. The number of piperazine rings is 1. The van der Waals surface area contributed by atoms with Gasteiger partial charge in [0.05, 0.1) is 6.04 Å². The van der Waals surface area contributed by atoms with E-state index in [1.807, 2.05) is 0 Å². The van der Waals surface area contributed by atoms with Crippen LogP contribution in [0.25, 0.3) is 0 Å². The van der Waals surface area contributed by atoms with E-state index in [0.717, 1.165) is 0 Å². The highest BCUT2D eigenvalue weighted by Gasteiger charge is 2.28. The maximum absolute atomic E-state index is 14.0. The Kier molecular flexibility index (Phi) is 4.24. The van der Waals surface area contributed by atoms with Crippen LogP contribution in [-0.2, 0) is 0 Å². The first-order valence-electron chi connectivity index (χ1n) is 6.10. The van der Waals surface area contributed by atoms with Gasteiger partial charge in [0.15, 0.2) is 0 Å². The van der Waals surface area contributed by atoms with Crippen LogP contribution in [-0.4, -0.2) is 37.8 Å². The molecule has 100 valence electrons. The number of halogens is 3. The number of alkyl halides is 1. The molecule has 2 rings (SSSR count). The van der Waals surface area contributed by atoms with Crippen molar-refractivity contribution in [1.29, 1.82) is 0 Å². The van der Waals surface area contributed by atoms with E-state index in [2.05, 4.69) is 5.32 Å². The summed E-state index contributed by atoms with van der Waals surface area (Å²) in [5.74, 6) is -1.30. The molecule has 0 aromatic heterocycles. The molecule has 0 spiro atoms. The number of rotatable bonds is 3. The monoisotopic (exact) mass is 258 g/mol. The molecule has 0 radical (unpaired) electrons. The van der Waals surface area contributed by atoms with Gasteiger partial charge in [-0.2, -0.15) is 0 Å². The van der Waals surface area contributed by atoms with Gasteiger partial charge >= 0.3 is 0 Å². The van der Waals surface area contributed by atoms with Crippen LogP contribution in [0.15, 0.2) is 12.1 Å². The summed E-state index contributed by atoms with van der Waals surface area (Å²) in [6, 6.07) is 1.76. The highest BCUT2D eigenvalue weighted by atomic mass is 19.1. The molecule has 0 bridgehead atoms. The number of hydrogen-bond donors (Lipinski definition) is 1. The van der Waals surface area contributed by atoms with E-state index in [1.165, 1.54) is 12.1 Å². The second-order valence-corrected chi connectivity index (χ2v) is 4.55.